The molecule has 1 heteroatoms. The first kappa shape index (κ1) is 16.6. The zero-order valence-electron chi connectivity index (χ0n) is 14.3. The summed E-state index contributed by atoms with van der Waals surface area (Å²) in [6.07, 6.45) is 4.47. The van der Waals surface area contributed by atoms with Crippen LogP contribution in [0.4, 0.5) is 0 Å². The molecule has 2 aromatic carbocycles. The first-order chi connectivity index (χ1) is 10.6. The van der Waals surface area contributed by atoms with Crippen molar-refractivity contribution in [2.45, 2.75) is 59.3 Å². The highest BCUT2D eigenvalue weighted by Crippen LogP contribution is 2.41. The monoisotopic (exact) mass is 296 g/mol. The Kier molecular flexibility index (Phi) is 5.65. The maximum Gasteiger partial charge on any atom is 0.123 e. The van der Waals surface area contributed by atoms with E-state index in [2.05, 4.69) is 39.8 Å². The lowest BCUT2D eigenvalue weighted by Gasteiger charge is -2.23. The van der Waals surface area contributed by atoms with Crippen molar-refractivity contribution < 1.29 is 5.11 Å². The van der Waals surface area contributed by atoms with E-state index in [-0.39, 0.29) is 0 Å². The number of aromatic hydroxyl groups is 1. The van der Waals surface area contributed by atoms with Gasteiger partial charge < -0.3 is 5.11 Å². The van der Waals surface area contributed by atoms with Crippen LogP contribution in [-0.2, 0) is 12.8 Å². The van der Waals surface area contributed by atoms with E-state index in [0.717, 1.165) is 24.0 Å². The molecule has 2 aromatic rings. The smallest absolute Gasteiger partial charge is 0.123 e. The molecule has 2 rings (SSSR count). The molecule has 0 fully saturated rings. The second kappa shape index (κ2) is 7.49. The summed E-state index contributed by atoms with van der Waals surface area (Å²) in [5.74, 6) is 0.825. The average Bonchev–Trinajstić information content (AvgIpc) is 2.53. The molecule has 0 aliphatic rings. The van der Waals surface area contributed by atoms with Gasteiger partial charge in [0.1, 0.15) is 5.75 Å². The first-order valence-electron chi connectivity index (χ1n) is 8.53. The van der Waals surface area contributed by atoms with Crippen LogP contribution in [0.5, 0.6) is 5.75 Å². The second-order valence-electron chi connectivity index (χ2n) is 6.30. The zero-order valence-corrected chi connectivity index (χ0v) is 14.3. The molecule has 0 aromatic heterocycles. The molecular formula is C21H28O. The number of phenolic OH excluding ortho intramolecular Hbond substituents is 1. The van der Waals surface area contributed by atoms with Gasteiger partial charge in [0.25, 0.3) is 0 Å². The van der Waals surface area contributed by atoms with E-state index < -0.39 is 0 Å². The van der Waals surface area contributed by atoms with Crippen molar-refractivity contribution in [3.8, 4) is 16.9 Å². The Morgan fingerprint density at radius 1 is 1.05 bits per heavy atom. The van der Waals surface area contributed by atoms with E-state index in [1.165, 1.54) is 29.5 Å². The van der Waals surface area contributed by atoms with Gasteiger partial charge in [-0.15, -0.1) is 0 Å². The molecule has 22 heavy (non-hydrogen) atoms. The topological polar surface area (TPSA) is 20.2 Å². The van der Waals surface area contributed by atoms with Crippen molar-refractivity contribution in [1.29, 1.82) is 0 Å². The SMILES string of the molecule is CCCCc1c(CC)cc(O)c(-c2ccccc2)c1C(C)C. The van der Waals surface area contributed by atoms with Gasteiger partial charge in [0.15, 0.2) is 0 Å². The van der Waals surface area contributed by atoms with Crippen molar-refractivity contribution in [1.82, 2.24) is 0 Å². The van der Waals surface area contributed by atoms with Gasteiger partial charge in [-0.2, -0.15) is 0 Å². The Balaban J connectivity index is 2.71. The normalized spacial score (nSPS) is 11.1. The van der Waals surface area contributed by atoms with Crippen LogP contribution in [-0.4, -0.2) is 5.11 Å². The predicted molar refractivity (Wildman–Crippen MR) is 95.6 cm³/mol. The number of phenols is 1. The van der Waals surface area contributed by atoms with Crippen molar-refractivity contribution in [2.75, 3.05) is 0 Å². The fourth-order valence-electron chi connectivity index (χ4n) is 3.30. The van der Waals surface area contributed by atoms with Gasteiger partial charge in [0.05, 0.1) is 0 Å². The summed E-state index contributed by atoms with van der Waals surface area (Å²) in [4.78, 5) is 0. The van der Waals surface area contributed by atoms with Crippen LogP contribution >= 0.6 is 0 Å². The van der Waals surface area contributed by atoms with Crippen molar-refractivity contribution in [3.63, 3.8) is 0 Å². The minimum absolute atomic E-state index is 0.402. The van der Waals surface area contributed by atoms with Gasteiger partial charge in [0.2, 0.25) is 0 Å². The van der Waals surface area contributed by atoms with Gasteiger partial charge in [0, 0.05) is 5.56 Å². The van der Waals surface area contributed by atoms with Crippen LogP contribution in [0.25, 0.3) is 11.1 Å². The lowest BCUT2D eigenvalue weighted by Crippen LogP contribution is -2.05. The number of hydrogen-bond acceptors (Lipinski definition) is 1. The van der Waals surface area contributed by atoms with Gasteiger partial charge in [-0.25, -0.2) is 0 Å². The molecule has 0 spiro atoms. The fraction of sp³-hybridized carbons (Fsp3) is 0.429. The fourth-order valence-corrected chi connectivity index (χ4v) is 3.30. The summed E-state index contributed by atoms with van der Waals surface area (Å²) in [6, 6.07) is 12.3. The van der Waals surface area contributed by atoms with E-state index in [0.29, 0.717) is 11.7 Å². The van der Waals surface area contributed by atoms with Crippen molar-refractivity contribution in [2.24, 2.45) is 0 Å². The Bertz CT molecular complexity index is 612. The quantitative estimate of drug-likeness (QED) is 0.684. The van der Waals surface area contributed by atoms with Crippen LogP contribution in [0.2, 0.25) is 0 Å². The lowest BCUT2D eigenvalue weighted by atomic mass is 9.83. The third kappa shape index (κ3) is 3.35. The molecule has 0 saturated carbocycles. The van der Waals surface area contributed by atoms with Crippen LogP contribution in [0, 0.1) is 0 Å². The number of rotatable bonds is 6. The molecular weight excluding hydrogens is 268 g/mol. The van der Waals surface area contributed by atoms with E-state index in [9.17, 15) is 5.11 Å². The Hall–Kier alpha value is -1.76. The molecule has 0 amide bonds. The van der Waals surface area contributed by atoms with Crippen molar-refractivity contribution >= 4 is 0 Å². The van der Waals surface area contributed by atoms with Gasteiger partial charge in [-0.3, -0.25) is 0 Å². The second-order valence-corrected chi connectivity index (χ2v) is 6.30. The van der Waals surface area contributed by atoms with E-state index in [1.807, 2.05) is 24.3 Å². The summed E-state index contributed by atoms with van der Waals surface area (Å²) in [5.41, 5.74) is 6.23. The number of benzene rings is 2. The molecule has 0 atom stereocenters. The van der Waals surface area contributed by atoms with Crippen LogP contribution in [0.3, 0.4) is 0 Å². The van der Waals surface area contributed by atoms with Gasteiger partial charge in [-0.05, 0) is 53.5 Å². The minimum Gasteiger partial charge on any atom is -0.507 e. The molecule has 0 aliphatic heterocycles. The molecule has 1 N–H and O–H groups in total. The Morgan fingerprint density at radius 3 is 2.27 bits per heavy atom. The number of hydrogen-bond donors (Lipinski definition) is 1. The van der Waals surface area contributed by atoms with Crippen molar-refractivity contribution in [3.05, 3.63) is 53.1 Å². The molecule has 118 valence electrons. The number of aryl methyl sites for hydroxylation is 1. The first-order valence-corrected chi connectivity index (χ1v) is 8.53. The molecule has 0 radical (unpaired) electrons. The average molecular weight is 296 g/mol. The molecule has 0 unspecified atom stereocenters. The highest BCUT2D eigenvalue weighted by molar-refractivity contribution is 5.76. The van der Waals surface area contributed by atoms with Crippen LogP contribution < -0.4 is 0 Å². The molecule has 0 aliphatic carbocycles. The highest BCUT2D eigenvalue weighted by atomic mass is 16.3. The van der Waals surface area contributed by atoms with E-state index in [4.69, 9.17) is 0 Å². The van der Waals surface area contributed by atoms with Crippen LogP contribution in [0.1, 0.15) is 63.1 Å². The summed E-state index contributed by atoms with van der Waals surface area (Å²) >= 11 is 0. The van der Waals surface area contributed by atoms with Gasteiger partial charge >= 0.3 is 0 Å². The van der Waals surface area contributed by atoms with E-state index in [1.54, 1.807) is 0 Å². The Morgan fingerprint density at radius 2 is 1.73 bits per heavy atom. The third-order valence-electron chi connectivity index (χ3n) is 4.35. The highest BCUT2D eigenvalue weighted by Gasteiger charge is 2.20. The third-order valence-corrected chi connectivity index (χ3v) is 4.35. The van der Waals surface area contributed by atoms with E-state index >= 15 is 0 Å². The summed E-state index contributed by atoms with van der Waals surface area (Å²) in [7, 11) is 0. The maximum absolute atomic E-state index is 10.7. The standard InChI is InChI=1S/C21H28O/c1-5-7-13-18-16(6-2)14-19(22)21(20(18)15(3)4)17-11-9-8-10-12-17/h8-12,14-15,22H,5-7,13H2,1-4H3. The molecule has 0 bridgehead atoms. The molecule has 1 nitrogen and oxygen atoms in total. The van der Waals surface area contributed by atoms with Gasteiger partial charge in [-0.1, -0.05) is 64.4 Å². The lowest BCUT2D eigenvalue weighted by molar-refractivity contribution is 0.475. The summed E-state index contributed by atoms with van der Waals surface area (Å²) in [5, 5.41) is 10.7. The summed E-state index contributed by atoms with van der Waals surface area (Å²) < 4.78 is 0. The largest absolute Gasteiger partial charge is 0.507 e. The predicted octanol–water partition coefficient (Wildman–Crippen LogP) is 6.09. The zero-order chi connectivity index (χ0) is 16.1. The Labute approximate surface area is 135 Å². The summed E-state index contributed by atoms with van der Waals surface area (Å²) in [6.45, 7) is 8.88. The molecule has 0 saturated heterocycles. The molecule has 0 heterocycles. The minimum atomic E-state index is 0.402. The number of unbranched alkanes of at least 4 members (excludes halogenated alkanes) is 1. The maximum atomic E-state index is 10.7. The van der Waals surface area contributed by atoms with Crippen LogP contribution in [0.15, 0.2) is 36.4 Å².